The van der Waals surface area contributed by atoms with Crippen LogP contribution in [-0.2, 0) is 16.0 Å². The number of hydrogen-bond acceptors (Lipinski definition) is 6. The Morgan fingerprint density at radius 2 is 2.00 bits per heavy atom. The third kappa shape index (κ3) is 4.68. The molecule has 9 nitrogen and oxygen atoms in total. The molecule has 2 aliphatic heterocycles. The molecular formula is C27H30F3N5O4. The Labute approximate surface area is 222 Å². The lowest BCUT2D eigenvalue weighted by molar-refractivity contribution is -0.169. The van der Waals surface area contributed by atoms with E-state index in [0.29, 0.717) is 29.0 Å². The van der Waals surface area contributed by atoms with Gasteiger partial charge in [-0.25, -0.2) is 18.2 Å². The maximum Gasteiger partial charge on any atom is 0.282 e. The number of fused-ring (bicyclic) bond motifs is 1. The molecule has 6 rings (SSSR count). The van der Waals surface area contributed by atoms with E-state index in [-0.39, 0.29) is 36.1 Å². The predicted molar refractivity (Wildman–Crippen MR) is 133 cm³/mol. The minimum absolute atomic E-state index is 0.0489. The van der Waals surface area contributed by atoms with Crippen molar-refractivity contribution >= 4 is 22.8 Å². The molecule has 2 saturated heterocycles. The molecule has 3 unspecified atom stereocenters. The van der Waals surface area contributed by atoms with Crippen LogP contribution in [0.25, 0.3) is 11.0 Å². The molecule has 3 aliphatic rings. The molecule has 12 heteroatoms. The van der Waals surface area contributed by atoms with Gasteiger partial charge in [0.15, 0.2) is 5.82 Å². The first-order chi connectivity index (χ1) is 18.8. The number of amides is 2. The van der Waals surface area contributed by atoms with Crippen molar-refractivity contribution in [3.8, 4) is 0 Å². The molecule has 1 saturated carbocycles. The van der Waals surface area contributed by atoms with Crippen molar-refractivity contribution in [2.75, 3.05) is 26.3 Å². The van der Waals surface area contributed by atoms with Crippen LogP contribution in [0.1, 0.15) is 72.0 Å². The van der Waals surface area contributed by atoms with E-state index in [0.717, 1.165) is 30.6 Å². The minimum atomic E-state index is -2.88. The molecule has 4 heterocycles. The largest absolute Gasteiger partial charge is 0.380 e. The van der Waals surface area contributed by atoms with E-state index < -0.39 is 48.6 Å². The van der Waals surface area contributed by atoms with E-state index in [1.165, 1.54) is 6.26 Å². The molecule has 2 aromatic heterocycles. The molecule has 2 N–H and O–H groups in total. The Morgan fingerprint density at radius 3 is 2.72 bits per heavy atom. The smallest absolute Gasteiger partial charge is 0.282 e. The van der Waals surface area contributed by atoms with Gasteiger partial charge >= 0.3 is 0 Å². The molecule has 1 aliphatic carbocycles. The van der Waals surface area contributed by atoms with Gasteiger partial charge < -0.3 is 24.5 Å². The average Bonchev–Trinajstić information content (AvgIpc) is 3.71. The summed E-state index contributed by atoms with van der Waals surface area (Å²) in [7, 11) is 0. The third-order valence-corrected chi connectivity index (χ3v) is 8.27. The maximum atomic E-state index is 15.9. The fourth-order valence-electron chi connectivity index (χ4n) is 6.14. The standard InChI is InChI=1S/C27H30F3N5O4/c1-2-19-18(11-39-34-19)25(36)33-22(14-5-3-4-6-14)24-31-20-8-7-15(21(28)23(20)32-24)16-9-38-10-17(16)26(37)35-12-27(29,30)13-35/h7-8,11,14,16-17,22H,2-6,9-10,12-13H2,1H3,(H,31,32)(H,33,36). The summed E-state index contributed by atoms with van der Waals surface area (Å²) in [4.78, 5) is 34.9. The predicted octanol–water partition coefficient (Wildman–Crippen LogP) is 4.12. The highest BCUT2D eigenvalue weighted by Crippen LogP contribution is 2.40. The number of aromatic nitrogens is 3. The van der Waals surface area contributed by atoms with Gasteiger partial charge in [-0.05, 0) is 36.8 Å². The maximum absolute atomic E-state index is 15.9. The molecule has 0 spiro atoms. The number of aromatic amines is 1. The number of halogens is 3. The highest BCUT2D eigenvalue weighted by molar-refractivity contribution is 5.95. The van der Waals surface area contributed by atoms with Gasteiger partial charge in [-0.1, -0.05) is 31.0 Å². The summed E-state index contributed by atoms with van der Waals surface area (Å²) in [6.07, 6.45) is 5.73. The van der Waals surface area contributed by atoms with Crippen LogP contribution in [0.3, 0.4) is 0 Å². The highest BCUT2D eigenvalue weighted by atomic mass is 19.3. The molecule has 208 valence electrons. The van der Waals surface area contributed by atoms with Crippen molar-refractivity contribution < 1.29 is 32.0 Å². The fourth-order valence-corrected chi connectivity index (χ4v) is 6.14. The zero-order chi connectivity index (χ0) is 27.3. The van der Waals surface area contributed by atoms with Gasteiger partial charge in [-0.15, -0.1) is 0 Å². The van der Waals surface area contributed by atoms with Crippen LogP contribution in [0.4, 0.5) is 13.2 Å². The van der Waals surface area contributed by atoms with Crippen molar-refractivity contribution in [2.45, 2.75) is 56.9 Å². The second-order valence-electron chi connectivity index (χ2n) is 10.8. The average molecular weight is 546 g/mol. The number of benzene rings is 1. The summed E-state index contributed by atoms with van der Waals surface area (Å²) in [5.74, 6) is -5.01. The first-order valence-corrected chi connectivity index (χ1v) is 13.4. The summed E-state index contributed by atoms with van der Waals surface area (Å²) in [5.41, 5.74) is 1.76. The van der Waals surface area contributed by atoms with Crippen molar-refractivity contribution in [2.24, 2.45) is 11.8 Å². The zero-order valence-electron chi connectivity index (χ0n) is 21.5. The van der Waals surface area contributed by atoms with Crippen LogP contribution in [0, 0.1) is 17.7 Å². The molecule has 0 radical (unpaired) electrons. The molecule has 3 aromatic rings. The first-order valence-electron chi connectivity index (χ1n) is 13.4. The Balaban J connectivity index is 1.29. The molecule has 3 atom stereocenters. The number of carbonyl (C=O) groups excluding carboxylic acids is 2. The SMILES string of the molecule is CCc1nocc1C(=O)NC(c1nc2c(F)c(C3COCC3C(=O)N3CC(F)(F)C3)ccc2[nH]1)C1CCCC1. The van der Waals surface area contributed by atoms with Crippen LogP contribution in [-0.4, -0.2) is 64.1 Å². The number of nitrogens with zero attached hydrogens (tertiary/aromatic N) is 3. The Morgan fingerprint density at radius 1 is 1.23 bits per heavy atom. The van der Waals surface area contributed by atoms with Gasteiger partial charge in [0.1, 0.15) is 23.2 Å². The Bertz CT molecular complexity index is 1390. The number of rotatable bonds is 7. The van der Waals surface area contributed by atoms with Crippen LogP contribution in [0.2, 0.25) is 0 Å². The van der Waals surface area contributed by atoms with Gasteiger partial charge in [0.2, 0.25) is 5.91 Å². The summed E-state index contributed by atoms with van der Waals surface area (Å²) >= 11 is 0. The number of H-pyrrole nitrogens is 1. The third-order valence-electron chi connectivity index (χ3n) is 8.27. The number of hydrogen-bond donors (Lipinski definition) is 2. The van der Waals surface area contributed by atoms with Crippen molar-refractivity contribution in [3.05, 3.63) is 46.9 Å². The van der Waals surface area contributed by atoms with Gasteiger partial charge in [0, 0.05) is 5.92 Å². The quantitative estimate of drug-likeness (QED) is 0.462. The van der Waals surface area contributed by atoms with Crippen LogP contribution in [0.5, 0.6) is 0 Å². The lowest BCUT2D eigenvalue weighted by atomic mass is 9.86. The van der Waals surface area contributed by atoms with E-state index in [2.05, 4.69) is 20.4 Å². The summed E-state index contributed by atoms with van der Waals surface area (Å²) in [6.45, 7) is 0.798. The molecule has 2 amide bonds. The molecule has 39 heavy (non-hydrogen) atoms. The molecular weight excluding hydrogens is 515 g/mol. The van der Waals surface area contributed by atoms with Crippen LogP contribution in [0.15, 0.2) is 22.9 Å². The topological polar surface area (TPSA) is 113 Å². The second-order valence-corrected chi connectivity index (χ2v) is 10.8. The van der Waals surface area contributed by atoms with Crippen molar-refractivity contribution in [1.82, 2.24) is 25.3 Å². The van der Waals surface area contributed by atoms with Crippen molar-refractivity contribution in [3.63, 3.8) is 0 Å². The van der Waals surface area contributed by atoms with E-state index in [4.69, 9.17) is 9.26 Å². The summed E-state index contributed by atoms with van der Waals surface area (Å²) in [5, 5.41) is 6.96. The Hall–Kier alpha value is -3.41. The lowest BCUT2D eigenvalue weighted by Crippen LogP contribution is -2.60. The minimum Gasteiger partial charge on any atom is -0.380 e. The van der Waals surface area contributed by atoms with Crippen LogP contribution >= 0.6 is 0 Å². The molecule has 3 fully saturated rings. The van der Waals surface area contributed by atoms with E-state index in [1.54, 1.807) is 12.1 Å². The Kier molecular flexibility index (Phi) is 6.60. The molecule has 0 bridgehead atoms. The number of alkyl halides is 2. The molecule has 1 aromatic carbocycles. The fraction of sp³-hybridized carbons (Fsp3) is 0.556. The number of ether oxygens (including phenoxy) is 1. The van der Waals surface area contributed by atoms with Gasteiger partial charge in [-0.2, -0.15) is 0 Å². The summed E-state index contributed by atoms with van der Waals surface area (Å²) in [6, 6.07) is 2.83. The highest BCUT2D eigenvalue weighted by Gasteiger charge is 2.50. The van der Waals surface area contributed by atoms with Gasteiger partial charge in [0.25, 0.3) is 11.8 Å². The number of carbonyl (C=O) groups is 2. The van der Waals surface area contributed by atoms with E-state index >= 15 is 4.39 Å². The van der Waals surface area contributed by atoms with E-state index in [1.807, 2.05) is 6.92 Å². The second kappa shape index (κ2) is 9.96. The van der Waals surface area contributed by atoms with Gasteiger partial charge in [0.05, 0.1) is 49.5 Å². The van der Waals surface area contributed by atoms with Crippen LogP contribution < -0.4 is 5.32 Å². The summed E-state index contributed by atoms with van der Waals surface area (Å²) < 4.78 is 53.1. The normalized spacial score (nSPS) is 23.7. The number of imidazole rings is 1. The van der Waals surface area contributed by atoms with E-state index in [9.17, 15) is 18.4 Å². The first kappa shape index (κ1) is 25.8. The van der Waals surface area contributed by atoms with Crippen molar-refractivity contribution in [1.29, 1.82) is 0 Å². The number of aryl methyl sites for hydroxylation is 1. The zero-order valence-corrected chi connectivity index (χ0v) is 21.5. The number of nitrogens with one attached hydrogen (secondary N) is 2. The monoisotopic (exact) mass is 545 g/mol. The van der Waals surface area contributed by atoms with Gasteiger partial charge in [-0.3, -0.25) is 9.59 Å². The lowest BCUT2D eigenvalue weighted by Gasteiger charge is -2.40. The number of likely N-dealkylation sites (tertiary alicyclic amines) is 1.